The fourth-order valence-corrected chi connectivity index (χ4v) is 2.68. The molecule has 0 atom stereocenters. The zero-order valence-corrected chi connectivity index (χ0v) is 12.3. The Morgan fingerprint density at radius 2 is 2.06 bits per heavy atom. The topological polar surface area (TPSA) is 47.0 Å². The van der Waals surface area contributed by atoms with Gasteiger partial charge < -0.3 is 10.1 Å². The van der Waals surface area contributed by atoms with Crippen molar-refractivity contribution in [1.29, 1.82) is 0 Å². The van der Waals surface area contributed by atoms with Crippen LogP contribution in [0.5, 0.6) is 0 Å². The van der Waals surface area contributed by atoms with E-state index in [1.807, 2.05) is 13.8 Å². The quantitative estimate of drug-likeness (QED) is 0.922. The van der Waals surface area contributed by atoms with Crippen LogP contribution in [0.1, 0.15) is 24.3 Å². The van der Waals surface area contributed by atoms with E-state index in [1.165, 1.54) is 10.4 Å². The second-order valence-electron chi connectivity index (χ2n) is 5.00. The Balaban J connectivity index is 2.34. The van der Waals surface area contributed by atoms with Crippen LogP contribution in [-0.4, -0.2) is 29.2 Å². The summed E-state index contributed by atoms with van der Waals surface area (Å²) in [5, 5.41) is 4.49. The van der Waals surface area contributed by atoms with Crippen LogP contribution in [-0.2, 0) is 4.74 Å². The molecule has 0 aliphatic carbocycles. The van der Waals surface area contributed by atoms with Gasteiger partial charge in [-0.15, -0.1) is 11.3 Å². The lowest BCUT2D eigenvalue weighted by Crippen LogP contribution is -2.32. The van der Waals surface area contributed by atoms with Gasteiger partial charge in [0.25, 0.3) is 0 Å². The molecule has 0 saturated heterocycles. The van der Waals surface area contributed by atoms with Gasteiger partial charge in [0.2, 0.25) is 0 Å². The molecule has 0 aliphatic heterocycles. The largest absolute Gasteiger partial charge is 0.377 e. The van der Waals surface area contributed by atoms with Gasteiger partial charge in [-0.05, 0) is 33.3 Å². The highest BCUT2D eigenvalue weighted by Crippen LogP contribution is 2.32. The average Bonchev–Trinajstić information content (AvgIpc) is 2.63. The molecule has 18 heavy (non-hydrogen) atoms. The number of nitrogens with one attached hydrogen (secondary N) is 1. The van der Waals surface area contributed by atoms with Crippen LogP contribution in [0.3, 0.4) is 0 Å². The van der Waals surface area contributed by atoms with Crippen LogP contribution < -0.4 is 5.32 Å². The molecule has 98 valence electrons. The van der Waals surface area contributed by atoms with Gasteiger partial charge in [-0.1, -0.05) is 0 Å². The van der Waals surface area contributed by atoms with Crippen molar-refractivity contribution in [3.8, 4) is 0 Å². The first kappa shape index (κ1) is 13.2. The second-order valence-corrected chi connectivity index (χ2v) is 6.21. The number of hydrogen-bond donors (Lipinski definition) is 1. The minimum atomic E-state index is -0.212. The molecule has 0 spiro atoms. The molecule has 4 nitrogen and oxygen atoms in total. The van der Waals surface area contributed by atoms with Crippen molar-refractivity contribution >= 4 is 27.4 Å². The minimum Gasteiger partial charge on any atom is -0.377 e. The van der Waals surface area contributed by atoms with Gasteiger partial charge in [0.05, 0.1) is 11.0 Å². The van der Waals surface area contributed by atoms with E-state index >= 15 is 0 Å². The van der Waals surface area contributed by atoms with Crippen LogP contribution in [0.2, 0.25) is 0 Å². The van der Waals surface area contributed by atoms with Crippen molar-refractivity contribution in [3.05, 3.63) is 16.8 Å². The molecule has 2 aromatic rings. The number of nitrogens with zero attached hydrogens (tertiary/aromatic N) is 2. The summed E-state index contributed by atoms with van der Waals surface area (Å²) >= 11 is 1.71. The smallest absolute Gasteiger partial charge is 0.138 e. The van der Waals surface area contributed by atoms with Gasteiger partial charge in [0.1, 0.15) is 17.0 Å². The number of fused-ring (bicyclic) bond motifs is 1. The summed E-state index contributed by atoms with van der Waals surface area (Å²) in [5.41, 5.74) is 1.05. The zero-order chi connectivity index (χ0) is 13.3. The van der Waals surface area contributed by atoms with Crippen LogP contribution in [0.4, 0.5) is 5.82 Å². The SMILES string of the molecule is COC(C)(C)CNc1ncnc2sc(C)c(C)c12. The van der Waals surface area contributed by atoms with Crippen LogP contribution in [0, 0.1) is 13.8 Å². The summed E-state index contributed by atoms with van der Waals surface area (Å²) in [4.78, 5) is 11.0. The zero-order valence-electron chi connectivity index (χ0n) is 11.5. The normalized spacial score (nSPS) is 12.1. The van der Waals surface area contributed by atoms with E-state index in [1.54, 1.807) is 24.8 Å². The van der Waals surface area contributed by atoms with E-state index in [4.69, 9.17) is 4.74 Å². The molecule has 5 heteroatoms. The number of thiophene rings is 1. The lowest BCUT2D eigenvalue weighted by atomic mass is 10.1. The van der Waals surface area contributed by atoms with E-state index in [0.29, 0.717) is 6.54 Å². The maximum atomic E-state index is 5.40. The Morgan fingerprint density at radius 1 is 1.33 bits per heavy atom. The fourth-order valence-electron chi connectivity index (χ4n) is 1.69. The first-order valence-corrected chi connectivity index (χ1v) is 6.76. The Morgan fingerprint density at radius 3 is 2.72 bits per heavy atom. The van der Waals surface area contributed by atoms with Crippen molar-refractivity contribution in [2.45, 2.75) is 33.3 Å². The van der Waals surface area contributed by atoms with Gasteiger partial charge in [0, 0.05) is 18.5 Å². The van der Waals surface area contributed by atoms with Crippen molar-refractivity contribution in [3.63, 3.8) is 0 Å². The van der Waals surface area contributed by atoms with E-state index in [0.717, 1.165) is 16.0 Å². The Kier molecular flexibility index (Phi) is 3.54. The number of hydrogen-bond acceptors (Lipinski definition) is 5. The standard InChI is InChI=1S/C13H19N3OS/c1-8-9(2)18-12-10(8)11(15-7-16-12)14-6-13(3,4)17-5/h7H,6H2,1-5H3,(H,14,15,16). The molecule has 0 radical (unpaired) electrons. The fraction of sp³-hybridized carbons (Fsp3) is 0.538. The third kappa shape index (κ3) is 2.47. The summed E-state index contributed by atoms with van der Waals surface area (Å²) in [6.45, 7) is 9.03. The van der Waals surface area contributed by atoms with E-state index in [9.17, 15) is 0 Å². The number of rotatable bonds is 4. The molecule has 2 rings (SSSR count). The van der Waals surface area contributed by atoms with Gasteiger partial charge in [-0.3, -0.25) is 0 Å². The molecular formula is C13H19N3OS. The predicted molar refractivity (Wildman–Crippen MR) is 76.5 cm³/mol. The van der Waals surface area contributed by atoms with E-state index < -0.39 is 0 Å². The number of methoxy groups -OCH3 is 1. The van der Waals surface area contributed by atoms with Gasteiger partial charge in [0.15, 0.2) is 0 Å². The molecule has 2 aromatic heterocycles. The van der Waals surface area contributed by atoms with Crippen molar-refractivity contribution in [2.24, 2.45) is 0 Å². The maximum absolute atomic E-state index is 5.40. The third-order valence-corrected chi connectivity index (χ3v) is 4.31. The molecule has 2 heterocycles. The molecule has 0 fully saturated rings. The lowest BCUT2D eigenvalue weighted by molar-refractivity contribution is 0.0343. The number of aromatic nitrogens is 2. The monoisotopic (exact) mass is 265 g/mol. The average molecular weight is 265 g/mol. The third-order valence-electron chi connectivity index (χ3n) is 3.20. The molecule has 0 aromatic carbocycles. The summed E-state index contributed by atoms with van der Waals surface area (Å²) in [6.07, 6.45) is 1.61. The van der Waals surface area contributed by atoms with Gasteiger partial charge >= 0.3 is 0 Å². The molecule has 0 aliphatic rings. The summed E-state index contributed by atoms with van der Waals surface area (Å²) in [7, 11) is 1.72. The molecule has 1 N–H and O–H groups in total. The molecule has 0 amide bonds. The summed E-state index contributed by atoms with van der Waals surface area (Å²) in [5.74, 6) is 0.895. The summed E-state index contributed by atoms with van der Waals surface area (Å²) < 4.78 is 5.40. The molecular weight excluding hydrogens is 246 g/mol. The van der Waals surface area contributed by atoms with Crippen LogP contribution in [0.25, 0.3) is 10.2 Å². The molecule has 0 saturated carbocycles. The first-order valence-electron chi connectivity index (χ1n) is 5.94. The van der Waals surface area contributed by atoms with Crippen LogP contribution >= 0.6 is 11.3 Å². The van der Waals surface area contributed by atoms with Crippen LogP contribution in [0.15, 0.2) is 6.33 Å². The first-order chi connectivity index (χ1) is 8.44. The van der Waals surface area contributed by atoms with E-state index in [-0.39, 0.29) is 5.60 Å². The number of anilines is 1. The molecule has 0 unspecified atom stereocenters. The van der Waals surface area contributed by atoms with E-state index in [2.05, 4.69) is 29.1 Å². The lowest BCUT2D eigenvalue weighted by Gasteiger charge is -2.23. The van der Waals surface area contributed by atoms with Gasteiger partial charge in [-0.2, -0.15) is 0 Å². The van der Waals surface area contributed by atoms with Crippen molar-refractivity contribution < 1.29 is 4.74 Å². The summed E-state index contributed by atoms with van der Waals surface area (Å²) in [6, 6.07) is 0. The Labute approximate surface area is 111 Å². The number of aryl methyl sites for hydroxylation is 2. The minimum absolute atomic E-state index is 0.212. The molecule has 0 bridgehead atoms. The maximum Gasteiger partial charge on any atom is 0.138 e. The highest BCUT2D eigenvalue weighted by molar-refractivity contribution is 7.18. The van der Waals surface area contributed by atoms with Gasteiger partial charge in [-0.25, -0.2) is 9.97 Å². The van der Waals surface area contributed by atoms with Crippen molar-refractivity contribution in [2.75, 3.05) is 19.0 Å². The predicted octanol–water partition coefficient (Wildman–Crippen LogP) is 3.15. The highest BCUT2D eigenvalue weighted by atomic mass is 32.1. The Hall–Kier alpha value is -1.20. The highest BCUT2D eigenvalue weighted by Gasteiger charge is 2.18. The van der Waals surface area contributed by atoms with Crippen molar-refractivity contribution in [1.82, 2.24) is 9.97 Å². The number of ether oxygens (including phenoxy) is 1. The second kappa shape index (κ2) is 4.82. The Bertz CT molecular complexity index is 563.